The summed E-state index contributed by atoms with van der Waals surface area (Å²) in [5.74, 6) is -2.16. The Morgan fingerprint density at radius 1 is 0.382 bits per heavy atom. The summed E-state index contributed by atoms with van der Waals surface area (Å²) >= 11 is 0. The monoisotopic (exact) mass is 1580 g/mol. The van der Waals surface area contributed by atoms with E-state index < -0.39 is 130 Å². The molecule has 4 aromatic carbocycles. The minimum atomic E-state index is -4.33. The first-order valence-corrected chi connectivity index (χ1v) is 37.9. The maximum Gasteiger partial charge on any atom is 0.473 e. The van der Waals surface area contributed by atoms with Crippen LogP contribution in [0, 0.1) is 0 Å². The topological polar surface area (TPSA) is 464 Å². The van der Waals surface area contributed by atoms with Crippen LogP contribution >= 0.6 is 7.82 Å². The van der Waals surface area contributed by atoms with E-state index in [2.05, 4.69) is 87.1 Å². The van der Waals surface area contributed by atoms with Crippen molar-refractivity contribution in [1.29, 1.82) is 0 Å². The fraction of sp³-hybridized carbons (Fsp3) is 0.667. The summed E-state index contributed by atoms with van der Waals surface area (Å²) in [5, 5.41) is 131. The SMILES string of the molecule is CC(C)(C)Nc1cc(COC(C)(C)C)ccc1OC1OC(C(=O)O)C(O)C(O)C1O.CC(C)(C)Nc1cc(COC(C)(C)C)ccc1OC1OC(CO)C(O)C(O)C1O.CC(C)(C)Nc1cc(COP(=O)(O)OC(C)(C)C)ccc1OC1OC(C(=O)O)C(O)C(O)C1O.CC(C)(C)Nc1ccc(COC(C)(C)C)cc1. The first-order valence-electron chi connectivity index (χ1n) is 36.4. The maximum atomic E-state index is 12.2. The van der Waals surface area contributed by atoms with Crippen LogP contribution in [0.1, 0.15) is 188 Å². The number of anilines is 4. The zero-order valence-electron chi connectivity index (χ0n) is 68.2. The Morgan fingerprint density at radius 3 is 0.964 bits per heavy atom. The average Bonchev–Trinajstić information content (AvgIpc) is 0.803. The summed E-state index contributed by atoms with van der Waals surface area (Å²) in [5.41, 5.74) is 3.77. The van der Waals surface area contributed by atoms with Crippen molar-refractivity contribution in [2.24, 2.45) is 0 Å². The molecule has 0 bridgehead atoms. The first-order chi connectivity index (χ1) is 50.0. The Hall–Kier alpha value is -6.11. The second-order valence-electron chi connectivity index (χ2n) is 35.4. The Balaban J connectivity index is 0.000000317. The lowest BCUT2D eigenvalue weighted by Crippen LogP contribution is -2.61. The van der Waals surface area contributed by atoms with Gasteiger partial charge in [0, 0.05) is 27.8 Å². The molecule has 3 saturated heterocycles. The van der Waals surface area contributed by atoms with Gasteiger partial charge in [-0.05, 0) is 237 Å². The average molecular weight is 1580 g/mol. The van der Waals surface area contributed by atoms with Crippen molar-refractivity contribution in [2.45, 2.75) is 329 Å². The van der Waals surface area contributed by atoms with Gasteiger partial charge in [-0.15, -0.1) is 0 Å². The number of benzene rings is 4. The third-order valence-corrected chi connectivity index (χ3v) is 16.4. The Morgan fingerprint density at radius 2 is 0.673 bits per heavy atom. The van der Waals surface area contributed by atoms with Crippen molar-refractivity contribution < 1.29 is 132 Å². The minimum absolute atomic E-state index is 0.0810. The van der Waals surface area contributed by atoms with Gasteiger partial charge in [-0.2, -0.15) is 0 Å². The highest BCUT2D eigenvalue weighted by molar-refractivity contribution is 7.47. The van der Waals surface area contributed by atoms with E-state index in [1.807, 2.05) is 122 Å². The van der Waals surface area contributed by atoms with Crippen molar-refractivity contribution >= 4 is 42.5 Å². The van der Waals surface area contributed by atoms with Gasteiger partial charge >= 0.3 is 19.8 Å². The Kier molecular flexibility index (Phi) is 34.4. The van der Waals surface area contributed by atoms with Crippen molar-refractivity contribution in [1.82, 2.24) is 0 Å². The lowest BCUT2D eigenvalue weighted by Gasteiger charge is -2.40. The summed E-state index contributed by atoms with van der Waals surface area (Å²) in [6, 6.07) is 23.7. The van der Waals surface area contributed by atoms with E-state index in [0.717, 1.165) is 16.8 Å². The molecule has 0 aliphatic carbocycles. The van der Waals surface area contributed by atoms with E-state index >= 15 is 0 Å². The van der Waals surface area contributed by atoms with Crippen molar-refractivity contribution in [3.05, 3.63) is 101 Å². The number of aliphatic hydroxyl groups is 10. The molecule has 7 rings (SSSR count). The summed E-state index contributed by atoms with van der Waals surface area (Å²) in [7, 11) is -4.33. The highest BCUT2D eigenvalue weighted by Gasteiger charge is 2.50. The first kappa shape index (κ1) is 96.3. The van der Waals surface area contributed by atoms with Gasteiger partial charge in [-0.3, -0.25) is 9.05 Å². The van der Waals surface area contributed by atoms with Crippen LogP contribution in [0.4, 0.5) is 22.7 Å². The molecule has 4 aromatic rings. The number of nitrogens with one attached hydrogen (secondary N) is 4. The highest BCUT2D eigenvalue weighted by Crippen LogP contribution is 2.48. The van der Waals surface area contributed by atoms with Crippen LogP contribution in [0.5, 0.6) is 17.2 Å². The molecule has 0 amide bonds. The van der Waals surface area contributed by atoms with Gasteiger partial charge in [0.15, 0.2) is 12.2 Å². The molecule has 3 aliphatic rings. The van der Waals surface area contributed by atoms with Crippen LogP contribution in [0.2, 0.25) is 0 Å². The van der Waals surface area contributed by atoms with Gasteiger partial charge in [-0.1, -0.05) is 30.3 Å². The van der Waals surface area contributed by atoms with Crippen LogP contribution in [0.15, 0.2) is 78.9 Å². The number of carboxylic acids is 2. The zero-order chi connectivity index (χ0) is 84.0. The molecule has 31 nitrogen and oxygen atoms in total. The molecular weight excluding hydrogens is 1460 g/mol. The van der Waals surface area contributed by atoms with E-state index in [4.69, 9.17) is 51.7 Å². The number of rotatable bonds is 23. The molecule has 0 spiro atoms. The highest BCUT2D eigenvalue weighted by atomic mass is 31.2. The third-order valence-electron chi connectivity index (χ3n) is 15.1. The molecule has 0 saturated carbocycles. The summed E-state index contributed by atoms with van der Waals surface area (Å²) in [4.78, 5) is 32.6. The number of ether oxygens (including phenoxy) is 9. The molecule has 17 N–H and O–H groups in total. The molecule has 16 atom stereocenters. The predicted octanol–water partition coefficient (Wildman–Crippen LogP) is 8.69. The van der Waals surface area contributed by atoms with Crippen LogP contribution in [-0.2, 0) is 78.1 Å². The van der Waals surface area contributed by atoms with E-state index in [9.17, 15) is 80.3 Å². The number of carbonyl (C=O) groups is 2. The summed E-state index contributed by atoms with van der Waals surface area (Å²) in [6.07, 6.45) is -23.8. The number of phosphoric acid groups is 1. The van der Waals surface area contributed by atoms with Gasteiger partial charge in [0.2, 0.25) is 18.9 Å². The van der Waals surface area contributed by atoms with Gasteiger partial charge in [0.05, 0.1) is 72.5 Å². The fourth-order valence-corrected chi connectivity index (χ4v) is 11.3. The molecule has 626 valence electrons. The Labute approximate surface area is 647 Å². The molecule has 0 radical (unpaired) electrons. The lowest BCUT2D eigenvalue weighted by atomic mass is 9.99. The lowest BCUT2D eigenvalue weighted by molar-refractivity contribution is -0.277. The van der Waals surface area contributed by atoms with Gasteiger partial charge in [0.25, 0.3) is 0 Å². The van der Waals surface area contributed by atoms with Crippen LogP contribution in [-0.4, -0.2) is 221 Å². The van der Waals surface area contributed by atoms with Crippen molar-refractivity contribution in [3.8, 4) is 17.2 Å². The van der Waals surface area contributed by atoms with Gasteiger partial charge in [-0.25, -0.2) is 14.2 Å². The maximum absolute atomic E-state index is 12.2. The van der Waals surface area contributed by atoms with E-state index in [1.165, 1.54) is 17.7 Å². The Bertz CT molecular complexity index is 3570. The van der Waals surface area contributed by atoms with Crippen LogP contribution in [0.25, 0.3) is 0 Å². The molecule has 32 heteroatoms. The molecule has 3 heterocycles. The van der Waals surface area contributed by atoms with E-state index in [1.54, 1.807) is 45.0 Å². The number of hydrogen-bond acceptors (Lipinski definition) is 28. The zero-order valence-corrected chi connectivity index (χ0v) is 69.1. The number of phosphoric ester groups is 1. The molecule has 3 aliphatic heterocycles. The van der Waals surface area contributed by atoms with E-state index in [-0.39, 0.29) is 45.8 Å². The van der Waals surface area contributed by atoms with E-state index in [0.29, 0.717) is 53.9 Å². The largest absolute Gasteiger partial charge is 0.479 e. The number of hydrogen-bond donors (Lipinski definition) is 17. The van der Waals surface area contributed by atoms with Crippen LogP contribution < -0.4 is 35.5 Å². The normalized spacial score (nSPS) is 25.5. The molecule has 110 heavy (non-hydrogen) atoms. The quantitative estimate of drug-likeness (QED) is 0.0309. The van der Waals surface area contributed by atoms with Crippen molar-refractivity contribution in [3.63, 3.8) is 0 Å². The third kappa shape index (κ3) is 33.9. The number of carboxylic acid groups (broad SMARTS) is 2. The van der Waals surface area contributed by atoms with Gasteiger partial charge in [0.1, 0.15) is 78.3 Å². The standard InChI is InChI=1S/C21H34NO11P.C21H33NO8.C21H35NO7.C15H25NO/c1-20(2,3)22-12-9-11(10-30-34(28,29)33-21(4,5)6)7-8-13(12)31-19-16(25)14(23)15(24)17(32-19)18(26)27;1-20(2,3)22-12-9-11(10-28-21(4,5)6)7-8-13(12)29-19-16(25)14(23)15(24)17(30-19)18(26)27;1-20(2,3)22-13-9-12(11-27-21(4,5)6)7-8-14(13)28-19-18(26)17(25)16(24)15(10-23)29-19;1-14(2,3)16-13-9-7-12(8-10-13)11-17-15(4,5)6/h7-9,14-17,19,22-25H,10H2,1-6H3,(H,26,27)(H,28,29);7-9,14-17,19,22-25H,10H2,1-6H3,(H,26,27);7-9,15-19,22-26H,10-11H2,1-6H3;7-10,16H,11H2,1-6H3. The second-order valence-corrected chi connectivity index (χ2v) is 36.7. The molecule has 0 aromatic heterocycles. The fourth-order valence-electron chi connectivity index (χ4n) is 10.2. The number of aliphatic hydroxyl groups excluding tert-OH is 10. The minimum Gasteiger partial charge on any atom is -0.479 e. The van der Waals surface area contributed by atoms with Crippen LogP contribution in [0.3, 0.4) is 0 Å². The predicted molar refractivity (Wildman–Crippen MR) is 413 cm³/mol. The summed E-state index contributed by atoms with van der Waals surface area (Å²) in [6.45, 7) is 47.5. The van der Waals surface area contributed by atoms with Crippen molar-refractivity contribution in [2.75, 3.05) is 27.9 Å². The smallest absolute Gasteiger partial charge is 0.473 e. The summed E-state index contributed by atoms with van der Waals surface area (Å²) < 4.78 is 72.8. The van der Waals surface area contributed by atoms with Gasteiger partial charge < -0.3 is 130 Å². The second kappa shape index (κ2) is 39.3. The molecule has 3 fully saturated rings. The molecule has 16 unspecified atom stereocenters. The molecular formula is C78H127N4O27P. The number of aliphatic carboxylic acids is 2.